The zero-order chi connectivity index (χ0) is 10.8. The topological polar surface area (TPSA) is 24.7 Å². The Kier molecular flexibility index (Phi) is 8.90. The largest absolute Gasteiger partial charge is 0.232 e. The van der Waals surface area contributed by atoms with E-state index >= 15 is 0 Å². The fourth-order valence-corrected chi connectivity index (χ4v) is 1.29. The summed E-state index contributed by atoms with van der Waals surface area (Å²) in [5.41, 5.74) is 0. The van der Waals surface area contributed by atoms with Crippen LogP contribution in [-0.4, -0.2) is 23.4 Å². The van der Waals surface area contributed by atoms with Crippen LogP contribution in [0.15, 0.2) is 9.98 Å². The van der Waals surface area contributed by atoms with Crippen LogP contribution in [0.1, 0.15) is 26.7 Å². The Morgan fingerprint density at radius 2 is 1.29 bits per heavy atom. The number of isothiocyanates is 2. The van der Waals surface area contributed by atoms with Gasteiger partial charge in [0.05, 0.1) is 23.4 Å². The van der Waals surface area contributed by atoms with Crippen LogP contribution in [0.4, 0.5) is 0 Å². The molecule has 0 rings (SSSR count). The molecule has 0 amide bonds. The van der Waals surface area contributed by atoms with Gasteiger partial charge < -0.3 is 0 Å². The lowest BCUT2D eigenvalue weighted by molar-refractivity contribution is 0.443. The van der Waals surface area contributed by atoms with Crippen LogP contribution >= 0.6 is 24.4 Å². The van der Waals surface area contributed by atoms with Crippen molar-refractivity contribution >= 4 is 34.8 Å². The SMILES string of the molecule is CC(CCC(C)CN=C=S)CN=C=S. The van der Waals surface area contributed by atoms with Crippen LogP contribution in [0.5, 0.6) is 0 Å². The van der Waals surface area contributed by atoms with E-state index < -0.39 is 0 Å². The van der Waals surface area contributed by atoms with Crippen molar-refractivity contribution in [3.8, 4) is 0 Å². The first kappa shape index (κ1) is 13.6. The molecule has 2 atom stereocenters. The molecule has 0 saturated carbocycles. The predicted molar refractivity (Wildman–Crippen MR) is 67.3 cm³/mol. The smallest absolute Gasteiger partial charge is 0.0585 e. The van der Waals surface area contributed by atoms with E-state index in [4.69, 9.17) is 0 Å². The number of hydrogen-bond donors (Lipinski definition) is 0. The number of hydrogen-bond acceptors (Lipinski definition) is 4. The summed E-state index contributed by atoms with van der Waals surface area (Å²) >= 11 is 9.02. The van der Waals surface area contributed by atoms with E-state index in [1.165, 1.54) is 0 Å². The molecule has 0 spiro atoms. The van der Waals surface area contributed by atoms with Crippen LogP contribution < -0.4 is 0 Å². The second-order valence-electron chi connectivity index (χ2n) is 3.65. The molecule has 0 aromatic rings. The van der Waals surface area contributed by atoms with Crippen LogP contribution in [0.2, 0.25) is 0 Å². The van der Waals surface area contributed by atoms with Crippen molar-refractivity contribution in [3.63, 3.8) is 0 Å². The highest BCUT2D eigenvalue weighted by molar-refractivity contribution is 7.78. The third-order valence-corrected chi connectivity index (χ3v) is 2.35. The van der Waals surface area contributed by atoms with Crippen molar-refractivity contribution in [1.82, 2.24) is 0 Å². The summed E-state index contributed by atoms with van der Waals surface area (Å²) in [5, 5.41) is 4.77. The number of nitrogens with zero attached hydrogens (tertiary/aromatic N) is 2. The van der Waals surface area contributed by atoms with Gasteiger partial charge in [0.1, 0.15) is 0 Å². The van der Waals surface area contributed by atoms with Crippen LogP contribution in [0, 0.1) is 11.8 Å². The number of rotatable bonds is 7. The van der Waals surface area contributed by atoms with Gasteiger partial charge >= 0.3 is 0 Å². The Hall–Kier alpha value is -0.400. The summed E-state index contributed by atoms with van der Waals surface area (Å²) in [4.78, 5) is 7.85. The molecule has 2 nitrogen and oxygen atoms in total. The predicted octanol–water partition coefficient (Wildman–Crippen LogP) is 3.24. The quantitative estimate of drug-likeness (QED) is 0.493. The lowest BCUT2D eigenvalue weighted by Crippen LogP contribution is -2.05. The van der Waals surface area contributed by atoms with Crippen molar-refractivity contribution in [2.45, 2.75) is 26.7 Å². The van der Waals surface area contributed by atoms with E-state index in [2.05, 4.69) is 58.6 Å². The normalized spacial score (nSPS) is 13.6. The van der Waals surface area contributed by atoms with Gasteiger partial charge in [-0.25, -0.2) is 9.98 Å². The Morgan fingerprint density at radius 1 is 0.929 bits per heavy atom. The Morgan fingerprint density at radius 3 is 1.57 bits per heavy atom. The molecule has 2 unspecified atom stereocenters. The summed E-state index contributed by atoms with van der Waals surface area (Å²) in [5.74, 6) is 1.15. The minimum atomic E-state index is 0.573. The minimum absolute atomic E-state index is 0.573. The molecule has 0 radical (unpaired) electrons. The maximum Gasteiger partial charge on any atom is 0.0585 e. The van der Waals surface area contributed by atoms with Crippen LogP contribution in [0.25, 0.3) is 0 Å². The van der Waals surface area contributed by atoms with Gasteiger partial charge in [0, 0.05) is 0 Å². The molecule has 14 heavy (non-hydrogen) atoms. The van der Waals surface area contributed by atoms with Crippen molar-refractivity contribution < 1.29 is 0 Å². The Balaban J connectivity index is 3.59. The van der Waals surface area contributed by atoms with E-state index in [0.717, 1.165) is 25.9 Å². The van der Waals surface area contributed by atoms with Gasteiger partial charge in [-0.05, 0) is 49.1 Å². The van der Waals surface area contributed by atoms with Gasteiger partial charge in [0.2, 0.25) is 0 Å². The van der Waals surface area contributed by atoms with Gasteiger partial charge in [-0.15, -0.1) is 0 Å². The maximum absolute atomic E-state index is 4.51. The highest BCUT2D eigenvalue weighted by atomic mass is 32.1. The Labute approximate surface area is 96.5 Å². The summed E-state index contributed by atoms with van der Waals surface area (Å²) in [6, 6.07) is 0. The zero-order valence-electron chi connectivity index (χ0n) is 8.69. The summed E-state index contributed by atoms with van der Waals surface area (Å²) in [6.45, 7) is 5.91. The molecule has 0 heterocycles. The lowest BCUT2D eigenvalue weighted by atomic mass is 9.98. The highest BCUT2D eigenvalue weighted by Crippen LogP contribution is 2.12. The molecule has 0 aromatic heterocycles. The molecule has 78 valence electrons. The van der Waals surface area contributed by atoms with Gasteiger partial charge in [-0.3, -0.25) is 0 Å². The summed E-state index contributed by atoms with van der Waals surface area (Å²) in [7, 11) is 0. The lowest BCUT2D eigenvalue weighted by Gasteiger charge is -2.11. The molecule has 0 fully saturated rings. The average molecular weight is 228 g/mol. The Bertz CT molecular complexity index is 215. The van der Waals surface area contributed by atoms with Crippen LogP contribution in [-0.2, 0) is 0 Å². The van der Waals surface area contributed by atoms with Crippen molar-refractivity contribution in [2.24, 2.45) is 21.8 Å². The second kappa shape index (κ2) is 9.17. The molecular formula is C10H16N2S2. The monoisotopic (exact) mass is 228 g/mol. The molecule has 0 saturated heterocycles. The van der Waals surface area contributed by atoms with Crippen molar-refractivity contribution in [3.05, 3.63) is 0 Å². The van der Waals surface area contributed by atoms with E-state index in [-0.39, 0.29) is 0 Å². The minimum Gasteiger partial charge on any atom is -0.232 e. The third kappa shape index (κ3) is 8.21. The first-order valence-corrected chi connectivity index (χ1v) is 5.59. The second-order valence-corrected chi connectivity index (χ2v) is 4.02. The van der Waals surface area contributed by atoms with Gasteiger partial charge in [0.15, 0.2) is 0 Å². The molecule has 4 heteroatoms. The molecule has 0 aliphatic heterocycles. The molecule has 0 N–H and O–H groups in total. The first-order chi connectivity index (χ1) is 6.70. The molecule has 0 bridgehead atoms. The van der Waals surface area contributed by atoms with Gasteiger partial charge in [-0.2, -0.15) is 0 Å². The fraction of sp³-hybridized carbons (Fsp3) is 0.800. The summed E-state index contributed by atoms with van der Waals surface area (Å²) < 4.78 is 0. The van der Waals surface area contributed by atoms with Crippen LogP contribution in [0.3, 0.4) is 0 Å². The molecule has 0 aromatic carbocycles. The third-order valence-electron chi connectivity index (χ3n) is 2.09. The number of thiocarbonyl (C=S) groups is 2. The number of aliphatic imine (C=N–C) groups is 2. The van der Waals surface area contributed by atoms with Crippen molar-refractivity contribution in [1.29, 1.82) is 0 Å². The molecule has 0 aliphatic rings. The average Bonchev–Trinajstić information content (AvgIpc) is 2.20. The molecule has 0 aliphatic carbocycles. The standard InChI is InChI=1S/C10H16N2S2/c1-9(5-11-7-13)3-4-10(2)6-12-8-14/h9-10H,3-6H2,1-2H3. The highest BCUT2D eigenvalue weighted by Gasteiger charge is 2.05. The first-order valence-electron chi connectivity index (χ1n) is 4.78. The maximum atomic E-state index is 4.51. The van der Waals surface area contributed by atoms with Gasteiger partial charge in [0.25, 0.3) is 0 Å². The van der Waals surface area contributed by atoms with Gasteiger partial charge in [-0.1, -0.05) is 13.8 Å². The van der Waals surface area contributed by atoms with E-state index in [9.17, 15) is 0 Å². The van der Waals surface area contributed by atoms with Crippen molar-refractivity contribution in [2.75, 3.05) is 13.1 Å². The zero-order valence-corrected chi connectivity index (χ0v) is 10.3. The van der Waals surface area contributed by atoms with E-state index in [1.54, 1.807) is 0 Å². The molecular weight excluding hydrogens is 212 g/mol. The fourth-order valence-electron chi connectivity index (χ4n) is 1.14. The summed E-state index contributed by atoms with van der Waals surface area (Å²) in [6.07, 6.45) is 2.29. The van der Waals surface area contributed by atoms with E-state index in [1.807, 2.05) is 0 Å². The van der Waals surface area contributed by atoms with E-state index in [0.29, 0.717) is 11.8 Å².